The standard InChI is InChI=1S/C17H21N7O2/c1-4-24(11-14-19-9-10-23(14)3)17(25)20-12(2)16-21-15(22-26-16)13-7-5-6-8-18-13/h5-10,12H,4,11H2,1-3H3,(H,20,25). The van der Waals surface area contributed by atoms with Crippen LogP contribution in [0.2, 0.25) is 0 Å². The molecule has 3 aromatic rings. The second kappa shape index (κ2) is 7.77. The zero-order valence-electron chi connectivity index (χ0n) is 15.0. The fourth-order valence-corrected chi connectivity index (χ4v) is 2.40. The number of hydrogen-bond donors (Lipinski definition) is 1. The molecule has 9 heteroatoms. The van der Waals surface area contributed by atoms with Crippen LogP contribution in [-0.4, -0.2) is 42.2 Å². The van der Waals surface area contributed by atoms with E-state index in [9.17, 15) is 4.79 Å². The van der Waals surface area contributed by atoms with Crippen LogP contribution in [0.3, 0.4) is 0 Å². The highest BCUT2D eigenvalue weighted by atomic mass is 16.5. The number of hydrogen-bond acceptors (Lipinski definition) is 6. The molecular formula is C17H21N7O2. The van der Waals surface area contributed by atoms with Gasteiger partial charge in [-0.2, -0.15) is 4.98 Å². The fraction of sp³-hybridized carbons (Fsp3) is 0.353. The van der Waals surface area contributed by atoms with Gasteiger partial charge in [0.1, 0.15) is 17.6 Å². The molecule has 0 bridgehead atoms. The summed E-state index contributed by atoms with van der Waals surface area (Å²) >= 11 is 0. The van der Waals surface area contributed by atoms with Gasteiger partial charge in [-0.3, -0.25) is 4.98 Å². The number of nitrogens with one attached hydrogen (secondary N) is 1. The zero-order chi connectivity index (χ0) is 18.5. The minimum absolute atomic E-state index is 0.222. The Morgan fingerprint density at radius 2 is 2.19 bits per heavy atom. The lowest BCUT2D eigenvalue weighted by Gasteiger charge is -2.22. The molecule has 0 fully saturated rings. The van der Waals surface area contributed by atoms with Crippen LogP contribution in [0, 0.1) is 0 Å². The van der Waals surface area contributed by atoms with Gasteiger partial charge in [0.2, 0.25) is 11.7 Å². The largest absolute Gasteiger partial charge is 0.337 e. The Kier molecular flexibility index (Phi) is 5.26. The predicted octanol–water partition coefficient (Wildman–Crippen LogP) is 2.16. The summed E-state index contributed by atoms with van der Waals surface area (Å²) < 4.78 is 7.15. The van der Waals surface area contributed by atoms with Crippen LogP contribution in [0.1, 0.15) is 31.6 Å². The van der Waals surface area contributed by atoms with E-state index in [-0.39, 0.29) is 6.03 Å². The van der Waals surface area contributed by atoms with Crippen molar-refractivity contribution in [3.63, 3.8) is 0 Å². The van der Waals surface area contributed by atoms with Crippen LogP contribution in [0.5, 0.6) is 0 Å². The van der Waals surface area contributed by atoms with Crippen LogP contribution < -0.4 is 5.32 Å². The number of rotatable bonds is 6. The van der Waals surface area contributed by atoms with E-state index < -0.39 is 6.04 Å². The van der Waals surface area contributed by atoms with Gasteiger partial charge >= 0.3 is 6.03 Å². The Bertz CT molecular complexity index is 859. The molecule has 0 aliphatic rings. The van der Waals surface area contributed by atoms with E-state index >= 15 is 0 Å². The maximum Gasteiger partial charge on any atom is 0.318 e. The monoisotopic (exact) mass is 355 g/mol. The zero-order valence-corrected chi connectivity index (χ0v) is 15.0. The van der Waals surface area contributed by atoms with Gasteiger partial charge in [-0.25, -0.2) is 9.78 Å². The van der Waals surface area contributed by atoms with Crippen LogP contribution in [0.25, 0.3) is 11.5 Å². The molecule has 3 rings (SSSR count). The molecule has 1 N–H and O–H groups in total. The summed E-state index contributed by atoms with van der Waals surface area (Å²) in [7, 11) is 1.90. The van der Waals surface area contributed by atoms with Crippen molar-refractivity contribution in [3.05, 3.63) is 48.5 Å². The molecule has 136 valence electrons. The predicted molar refractivity (Wildman–Crippen MR) is 93.8 cm³/mol. The summed E-state index contributed by atoms with van der Waals surface area (Å²) in [5.74, 6) is 1.53. The highest BCUT2D eigenvalue weighted by Crippen LogP contribution is 2.16. The number of nitrogens with zero attached hydrogens (tertiary/aromatic N) is 6. The maximum absolute atomic E-state index is 12.5. The third-order valence-electron chi connectivity index (χ3n) is 3.97. The molecule has 3 heterocycles. The molecule has 1 unspecified atom stereocenters. The van der Waals surface area contributed by atoms with Gasteiger partial charge < -0.3 is 19.3 Å². The number of carbonyl (C=O) groups is 1. The van der Waals surface area contributed by atoms with E-state index in [0.717, 1.165) is 5.82 Å². The van der Waals surface area contributed by atoms with Gasteiger partial charge in [0.05, 0.1) is 6.54 Å². The number of aromatic nitrogens is 5. The van der Waals surface area contributed by atoms with E-state index in [0.29, 0.717) is 30.5 Å². The van der Waals surface area contributed by atoms with E-state index in [1.165, 1.54) is 0 Å². The molecule has 2 amide bonds. The molecule has 0 spiro atoms. The molecule has 1 atom stereocenters. The van der Waals surface area contributed by atoms with Crippen molar-refractivity contribution in [2.45, 2.75) is 26.4 Å². The lowest BCUT2D eigenvalue weighted by Crippen LogP contribution is -2.41. The smallest absolute Gasteiger partial charge is 0.318 e. The van der Waals surface area contributed by atoms with Crippen molar-refractivity contribution < 1.29 is 9.32 Å². The van der Waals surface area contributed by atoms with Gasteiger partial charge in [0.15, 0.2) is 0 Å². The van der Waals surface area contributed by atoms with Crippen molar-refractivity contribution in [2.75, 3.05) is 6.54 Å². The molecule has 0 aliphatic carbocycles. The summed E-state index contributed by atoms with van der Waals surface area (Å²) in [6, 6.07) is 4.81. The fourth-order valence-electron chi connectivity index (χ4n) is 2.40. The second-order valence-electron chi connectivity index (χ2n) is 5.81. The average molecular weight is 355 g/mol. The average Bonchev–Trinajstić information content (AvgIpc) is 3.29. The lowest BCUT2D eigenvalue weighted by molar-refractivity contribution is 0.190. The molecule has 0 saturated heterocycles. The van der Waals surface area contributed by atoms with Gasteiger partial charge in [-0.1, -0.05) is 11.2 Å². The third-order valence-corrected chi connectivity index (χ3v) is 3.97. The Morgan fingerprint density at radius 1 is 1.35 bits per heavy atom. The van der Waals surface area contributed by atoms with Crippen LogP contribution in [-0.2, 0) is 13.6 Å². The maximum atomic E-state index is 12.5. The Balaban J connectivity index is 1.65. The van der Waals surface area contributed by atoms with Crippen LogP contribution in [0.4, 0.5) is 4.79 Å². The van der Waals surface area contributed by atoms with Crippen molar-refractivity contribution in [3.8, 4) is 11.5 Å². The van der Waals surface area contributed by atoms with E-state index in [2.05, 4.69) is 25.4 Å². The van der Waals surface area contributed by atoms with Gasteiger partial charge in [-0.15, -0.1) is 0 Å². The Hall–Kier alpha value is -3.23. The summed E-state index contributed by atoms with van der Waals surface area (Å²) in [5.41, 5.74) is 0.617. The third kappa shape index (κ3) is 3.88. The van der Waals surface area contributed by atoms with Gasteiger partial charge in [-0.05, 0) is 26.0 Å². The summed E-state index contributed by atoms with van der Waals surface area (Å²) in [4.78, 5) is 27.0. The van der Waals surface area contributed by atoms with E-state index in [1.54, 1.807) is 30.3 Å². The molecule has 26 heavy (non-hydrogen) atoms. The lowest BCUT2D eigenvalue weighted by atomic mass is 10.3. The molecule has 0 saturated carbocycles. The van der Waals surface area contributed by atoms with Crippen molar-refractivity contribution in [2.24, 2.45) is 7.05 Å². The van der Waals surface area contributed by atoms with Crippen molar-refractivity contribution >= 4 is 6.03 Å². The first kappa shape index (κ1) is 17.6. The highest BCUT2D eigenvalue weighted by molar-refractivity contribution is 5.74. The molecule has 3 aromatic heterocycles. The Labute approximate surface area is 151 Å². The second-order valence-corrected chi connectivity index (χ2v) is 5.81. The minimum Gasteiger partial charge on any atom is -0.337 e. The van der Waals surface area contributed by atoms with Gasteiger partial charge in [0, 0.05) is 32.2 Å². The molecule has 0 aliphatic heterocycles. The highest BCUT2D eigenvalue weighted by Gasteiger charge is 2.21. The summed E-state index contributed by atoms with van der Waals surface area (Å²) in [5, 5.41) is 6.80. The van der Waals surface area contributed by atoms with Crippen molar-refractivity contribution in [1.29, 1.82) is 0 Å². The van der Waals surface area contributed by atoms with Gasteiger partial charge in [0.25, 0.3) is 0 Å². The van der Waals surface area contributed by atoms with Crippen molar-refractivity contribution in [1.82, 2.24) is 34.9 Å². The topological polar surface area (TPSA) is 102 Å². The number of amides is 2. The number of carbonyl (C=O) groups excluding carboxylic acids is 1. The van der Waals surface area contributed by atoms with Crippen LogP contribution >= 0.6 is 0 Å². The number of urea groups is 1. The number of aryl methyl sites for hydroxylation is 1. The quantitative estimate of drug-likeness (QED) is 0.727. The summed E-state index contributed by atoms with van der Waals surface area (Å²) in [6.45, 7) is 4.68. The van der Waals surface area contributed by atoms with Crippen LogP contribution in [0.15, 0.2) is 41.3 Å². The number of imidazole rings is 1. The number of pyridine rings is 1. The first-order chi connectivity index (χ1) is 12.6. The molecule has 9 nitrogen and oxygen atoms in total. The first-order valence-electron chi connectivity index (χ1n) is 8.35. The molecule has 0 radical (unpaired) electrons. The molecular weight excluding hydrogens is 334 g/mol. The Morgan fingerprint density at radius 3 is 2.85 bits per heavy atom. The summed E-state index contributed by atoms with van der Waals surface area (Å²) in [6.07, 6.45) is 5.22. The normalized spacial score (nSPS) is 12.0. The minimum atomic E-state index is -0.428. The molecule has 0 aromatic carbocycles. The van der Waals surface area contributed by atoms with E-state index in [1.807, 2.05) is 36.9 Å². The first-order valence-corrected chi connectivity index (χ1v) is 8.35. The SMILES string of the molecule is CCN(Cc1nccn1C)C(=O)NC(C)c1nc(-c2ccccn2)no1. The van der Waals surface area contributed by atoms with E-state index in [4.69, 9.17) is 4.52 Å².